The van der Waals surface area contributed by atoms with Crippen molar-refractivity contribution in [3.8, 4) is 33.4 Å². The maximum atomic E-state index is 10.7. The summed E-state index contributed by atoms with van der Waals surface area (Å²) in [5.41, 5.74) is 12.1. The molecular formula is C63H92I2N3OVY3-3. The second-order valence-electron chi connectivity index (χ2n) is 15.4. The summed E-state index contributed by atoms with van der Waals surface area (Å²) >= 11 is 4.74. The van der Waals surface area contributed by atoms with Crippen LogP contribution >= 0.6 is 40.0 Å². The Bertz CT molecular complexity index is 2160. The molecule has 3 aliphatic heterocycles. The Balaban J connectivity index is -0.000000207. The van der Waals surface area contributed by atoms with Crippen LogP contribution in [-0.4, -0.2) is 56.3 Å². The molecule has 9 rings (SSSR count). The Morgan fingerprint density at radius 2 is 0.863 bits per heavy atom. The third-order valence-electron chi connectivity index (χ3n) is 11.5. The van der Waals surface area contributed by atoms with Crippen molar-refractivity contribution in [3.63, 3.8) is 0 Å². The molecule has 0 bridgehead atoms. The first-order chi connectivity index (χ1) is 32.3. The predicted molar refractivity (Wildman–Crippen MR) is 331 cm³/mol. The van der Waals surface area contributed by atoms with Crippen molar-refractivity contribution in [2.75, 3.05) is 46.3 Å². The van der Waals surface area contributed by atoms with Gasteiger partial charge in [0.2, 0.25) is 0 Å². The van der Waals surface area contributed by atoms with Gasteiger partial charge in [0.25, 0.3) is 0 Å². The van der Waals surface area contributed by atoms with Gasteiger partial charge in [0.15, 0.2) is 0 Å². The van der Waals surface area contributed by atoms with Gasteiger partial charge in [-0.15, -0.1) is 0 Å². The van der Waals surface area contributed by atoms with E-state index in [1.165, 1.54) is 62.7 Å². The van der Waals surface area contributed by atoms with Gasteiger partial charge in [0.1, 0.15) is 1.41 Å². The summed E-state index contributed by atoms with van der Waals surface area (Å²) in [6.07, 6.45) is 7.29. The molecule has 4 nitrogen and oxygen atoms in total. The van der Waals surface area contributed by atoms with Crippen LogP contribution < -0.4 is 10.6 Å². The number of hydrogen-bond acceptors (Lipinski definition) is 4. The number of nitrogens with zero attached hydrogens (tertiary/aromatic N) is 1. The average molecular weight is 1480 g/mol. The second-order valence-corrected chi connectivity index (χ2v) is 27.2. The maximum Gasteiger partial charge on any atom is 0 e. The summed E-state index contributed by atoms with van der Waals surface area (Å²) in [6.45, 7) is 17.8. The van der Waals surface area contributed by atoms with Gasteiger partial charge in [-0.2, -0.15) is 0 Å². The second kappa shape index (κ2) is 51.7. The van der Waals surface area contributed by atoms with Crippen LogP contribution in [0.1, 0.15) is 111 Å². The molecule has 6 aromatic rings. The molecule has 3 N–H and O–H groups in total. The van der Waals surface area contributed by atoms with E-state index in [0.29, 0.717) is 35.4 Å². The fourth-order valence-corrected chi connectivity index (χ4v) is 7.93. The van der Waals surface area contributed by atoms with E-state index < -0.39 is 5.60 Å². The molecule has 0 aliphatic carbocycles. The van der Waals surface area contributed by atoms with Crippen LogP contribution in [0.3, 0.4) is 0 Å². The first kappa shape index (κ1) is 82.1. The fourth-order valence-electron chi connectivity index (χ4n) is 7.93. The summed E-state index contributed by atoms with van der Waals surface area (Å²) in [5.74, 6) is 0.746. The first-order valence-electron chi connectivity index (χ1n) is 24.2. The third kappa shape index (κ3) is 30.4. The number of likely N-dealkylation sites (N-methyl/N-ethyl adjacent to an activating group) is 1. The molecule has 0 aromatic heterocycles. The average Bonchev–Trinajstić information content (AvgIpc) is 3.41. The van der Waals surface area contributed by atoms with E-state index in [9.17, 15) is 5.11 Å². The maximum absolute atomic E-state index is 10.7. The summed E-state index contributed by atoms with van der Waals surface area (Å²) < 4.78 is 7.58. The Morgan fingerprint density at radius 1 is 0.534 bits per heavy atom. The molecule has 0 spiro atoms. The third-order valence-corrected chi connectivity index (χ3v) is 11.5. The van der Waals surface area contributed by atoms with E-state index in [1.807, 2.05) is 71.9 Å². The Morgan fingerprint density at radius 3 is 1.22 bits per heavy atom. The van der Waals surface area contributed by atoms with E-state index >= 15 is 0 Å². The number of piperidine rings is 2. The van der Waals surface area contributed by atoms with E-state index in [1.54, 1.807) is 0 Å². The van der Waals surface area contributed by atoms with Crippen LogP contribution in [0.25, 0.3) is 39.0 Å². The van der Waals surface area contributed by atoms with Crippen LogP contribution in [-0.2, 0) is 113 Å². The van der Waals surface area contributed by atoms with Crippen LogP contribution in [0.4, 0.5) is 0 Å². The quantitative estimate of drug-likeness (QED) is 0.115. The van der Waals surface area contributed by atoms with Crippen molar-refractivity contribution >= 4 is 45.5 Å². The molecule has 0 saturated carbocycles. The first-order valence-corrected chi connectivity index (χ1v) is 32.8. The molecular weight excluding hydrogens is 1390 g/mol. The van der Waals surface area contributed by atoms with Crippen LogP contribution in [0, 0.1) is 22.3 Å². The molecule has 6 aromatic carbocycles. The van der Waals surface area contributed by atoms with Gasteiger partial charge in [0, 0.05) is 111 Å². The predicted octanol–water partition coefficient (Wildman–Crippen LogP) is 18.3. The number of hydrogen-bond donors (Lipinski definition) is 3. The van der Waals surface area contributed by atoms with Gasteiger partial charge in [0.05, 0.1) is 5.60 Å². The monoisotopic (exact) mass is 1480 g/mol. The van der Waals surface area contributed by atoms with Gasteiger partial charge in [-0.3, -0.25) is 0 Å². The van der Waals surface area contributed by atoms with E-state index in [0.717, 1.165) is 49.6 Å². The van der Waals surface area contributed by atoms with E-state index in [-0.39, 0.29) is 135 Å². The number of halogens is 2. The minimum Gasteiger partial charge on any atom is -0.317 e. The van der Waals surface area contributed by atoms with Gasteiger partial charge in [-0.05, 0) is 127 Å². The molecule has 0 unspecified atom stereocenters. The SMILES string of the molecule is C.C.CC.CC.CC.CN1CC=C(c2ccc(-c3ccccc3)cc2)CC1.[2H]N1CCC(O)(c2ccc(-c3ccccc3)cc2)CC1.[CH3-].[CH3-].[CH3-].[I][V][I].[Y].[Y].[Y].c1ccc(-c2ccc(C3CCNCC3)cc2)cc1. The summed E-state index contributed by atoms with van der Waals surface area (Å²) in [5, 5.41) is 15.7. The molecule has 73 heavy (non-hydrogen) atoms. The molecule has 3 radical (unpaired) electrons. The zero-order valence-corrected chi connectivity index (χ0v) is 59.0. The molecule has 10 heteroatoms. The number of benzene rings is 6. The summed E-state index contributed by atoms with van der Waals surface area (Å²) in [4.78, 5) is 2.35. The topological polar surface area (TPSA) is 47.5 Å². The number of aliphatic hydroxyl groups is 1. The van der Waals surface area contributed by atoms with Crippen LogP contribution in [0.2, 0.25) is 1.41 Å². The molecule has 0 atom stereocenters. The van der Waals surface area contributed by atoms with E-state index in [2.05, 4.69) is 197 Å². The van der Waals surface area contributed by atoms with Crippen molar-refractivity contribution in [1.29, 1.82) is 0 Å². The minimum atomic E-state index is -0.771. The normalized spacial score (nSPS) is 13.9. The minimum absolute atomic E-state index is 0. The fraction of sp³-hybridized carbons (Fsp3) is 0.349. The Hall–Kier alpha value is 0.256. The number of rotatable bonds is 6. The standard InChI is InChI=1S/C18H19N.C17H19NO.C17H19N.3C2H6.2CH4.3CH3.2HI.V.3Y/c1-19-13-11-18(12-14-19)17-9-7-16(8-10-17)15-5-3-2-4-6-15;19-17(10-12-18-13-11-17)16-8-6-15(7-9-16)14-4-2-1-3-5-14;1-2-4-14(5-3-1)15-6-8-16(9-7-15)17-10-12-18-13-11-17;3*1-2;;;;;;;;;;;/h2-11H,12-14H2,1H3;1-9,18-19H,10-13H2;1-9,17-18H,10-13H2;3*1-2H3;2*1H4;3*1H3;2*1H;;;;/q;;;;;;;;3*-1;;;+2;;;/p-2/i/hD. The van der Waals surface area contributed by atoms with Gasteiger partial charge in [-0.25, -0.2) is 0 Å². The van der Waals surface area contributed by atoms with Crippen molar-refractivity contribution < 1.29 is 114 Å². The molecule has 2 saturated heterocycles. The molecule has 0 amide bonds. The summed E-state index contributed by atoms with van der Waals surface area (Å²) in [6, 6.07) is 57.6. The van der Waals surface area contributed by atoms with Crippen LogP contribution in [0.5, 0.6) is 0 Å². The zero-order valence-electron chi connectivity index (χ0n) is 45.8. The van der Waals surface area contributed by atoms with Gasteiger partial charge < -0.3 is 42.9 Å². The van der Waals surface area contributed by atoms with Gasteiger partial charge >= 0.3 is 49.4 Å². The van der Waals surface area contributed by atoms with Crippen molar-refractivity contribution in [2.24, 2.45) is 0 Å². The molecule has 2 fully saturated rings. The molecule has 396 valence electrons. The molecule has 3 aliphatic rings. The Labute approximate surface area is 555 Å². The van der Waals surface area contributed by atoms with Crippen LogP contribution in [0.15, 0.2) is 170 Å². The van der Waals surface area contributed by atoms with Crippen molar-refractivity contribution in [2.45, 2.75) is 100 Å². The van der Waals surface area contributed by atoms with Crippen molar-refractivity contribution in [3.05, 3.63) is 209 Å². The number of nitrogens with one attached hydrogen (secondary N) is 2. The zero-order chi connectivity index (χ0) is 48.0. The summed E-state index contributed by atoms with van der Waals surface area (Å²) in [7, 11) is 2.80. The van der Waals surface area contributed by atoms with E-state index in [4.69, 9.17) is 1.41 Å². The smallest absolute Gasteiger partial charge is 0 e. The Kier molecular flexibility index (Phi) is 58.1. The van der Waals surface area contributed by atoms with Crippen molar-refractivity contribution in [1.82, 2.24) is 15.5 Å². The van der Waals surface area contributed by atoms with Gasteiger partial charge in [-0.1, -0.05) is 226 Å². The molecule has 3 heterocycles. The largest absolute Gasteiger partial charge is 0.317 e.